The Balaban J connectivity index is 3.75. The number of unbranched alkanes of at least 4 members (excludes halogenated alkanes) is 9. The number of rotatable bonds is 15. The van der Waals surface area contributed by atoms with Gasteiger partial charge in [-0.25, -0.2) is 10.1 Å². The van der Waals surface area contributed by atoms with Crippen molar-refractivity contribution in [2.45, 2.75) is 71.1 Å². The summed E-state index contributed by atoms with van der Waals surface area (Å²) in [7, 11) is 0. The number of carboxylic acids is 1. The first-order valence-electron chi connectivity index (χ1n) is 8.96. The predicted molar refractivity (Wildman–Crippen MR) is 98.7 cm³/mol. The van der Waals surface area contributed by atoms with E-state index in [-0.39, 0.29) is 0 Å². The van der Waals surface area contributed by atoms with Crippen LogP contribution in [0.1, 0.15) is 71.1 Å². The van der Waals surface area contributed by atoms with Crippen molar-refractivity contribution in [2.24, 2.45) is 0 Å². The second-order valence-electron chi connectivity index (χ2n) is 5.76. The molecule has 0 heterocycles. The lowest BCUT2D eigenvalue weighted by Crippen LogP contribution is -1.84. The summed E-state index contributed by atoms with van der Waals surface area (Å²) in [4.78, 5) is 14.6. The van der Waals surface area contributed by atoms with Gasteiger partial charge >= 0.3 is 5.97 Å². The molecular weight excluding hydrogens is 304 g/mol. The first kappa shape index (κ1) is 22.2. The Morgan fingerprint density at radius 3 is 1.92 bits per heavy atom. The van der Waals surface area contributed by atoms with Gasteiger partial charge in [-0.1, -0.05) is 82.6 Å². The Bertz CT molecular complexity index is 419. The van der Waals surface area contributed by atoms with Crippen LogP contribution in [0.5, 0.6) is 0 Å². The molecule has 0 atom stereocenters. The van der Waals surface area contributed by atoms with Crippen molar-refractivity contribution < 1.29 is 20.0 Å². The third-order valence-corrected chi connectivity index (χ3v) is 3.59. The van der Waals surface area contributed by atoms with Crippen LogP contribution in [-0.4, -0.2) is 16.3 Å². The lowest BCUT2D eigenvalue weighted by Gasteiger charge is -2.01. The standard InChI is InChI=1S/C20H32O4/c1-2-3-4-5-6-7-8-9-10-13-16-19(24-23)17-14-11-12-15-18-20(21)22/h11-12,14-18,23H,2-10,13H2,1H3,(H,21,22). The average molecular weight is 336 g/mol. The van der Waals surface area contributed by atoms with Crippen molar-refractivity contribution in [3.05, 3.63) is 48.3 Å². The lowest BCUT2D eigenvalue weighted by molar-refractivity contribution is -0.198. The topological polar surface area (TPSA) is 66.8 Å². The molecule has 0 saturated heterocycles. The zero-order valence-electron chi connectivity index (χ0n) is 14.8. The minimum absolute atomic E-state index is 0.404. The summed E-state index contributed by atoms with van der Waals surface area (Å²) < 4.78 is 0. The molecule has 0 rings (SSSR count). The minimum Gasteiger partial charge on any atom is -0.478 e. The maximum atomic E-state index is 10.3. The summed E-state index contributed by atoms with van der Waals surface area (Å²) >= 11 is 0. The summed E-state index contributed by atoms with van der Waals surface area (Å²) in [6, 6.07) is 0. The summed E-state index contributed by atoms with van der Waals surface area (Å²) in [5, 5.41) is 17.2. The van der Waals surface area contributed by atoms with E-state index in [0.717, 1.165) is 18.9 Å². The van der Waals surface area contributed by atoms with E-state index in [4.69, 9.17) is 10.4 Å². The maximum Gasteiger partial charge on any atom is 0.328 e. The zero-order valence-corrected chi connectivity index (χ0v) is 14.8. The Labute approximate surface area is 146 Å². The number of aliphatic carboxylic acids is 1. The summed E-state index contributed by atoms with van der Waals surface area (Å²) in [6.07, 6.45) is 23.4. The van der Waals surface area contributed by atoms with Gasteiger partial charge in [0.1, 0.15) is 0 Å². The van der Waals surface area contributed by atoms with Crippen LogP contribution < -0.4 is 0 Å². The van der Waals surface area contributed by atoms with E-state index in [9.17, 15) is 4.79 Å². The van der Waals surface area contributed by atoms with Crippen molar-refractivity contribution in [3.8, 4) is 0 Å². The molecule has 0 aromatic rings. The van der Waals surface area contributed by atoms with Gasteiger partial charge in [0.2, 0.25) is 0 Å². The van der Waals surface area contributed by atoms with Crippen molar-refractivity contribution >= 4 is 5.97 Å². The molecule has 2 N–H and O–H groups in total. The highest BCUT2D eigenvalue weighted by Crippen LogP contribution is 2.11. The second-order valence-corrected chi connectivity index (χ2v) is 5.76. The van der Waals surface area contributed by atoms with Crippen molar-refractivity contribution in [3.63, 3.8) is 0 Å². The van der Waals surface area contributed by atoms with Gasteiger partial charge in [-0.15, -0.1) is 0 Å². The summed E-state index contributed by atoms with van der Waals surface area (Å²) in [5.74, 6) is -0.578. The van der Waals surface area contributed by atoms with Gasteiger partial charge in [-0.2, -0.15) is 0 Å². The molecule has 0 amide bonds. The van der Waals surface area contributed by atoms with E-state index in [1.165, 1.54) is 57.4 Å². The maximum absolute atomic E-state index is 10.3. The molecular formula is C20H32O4. The zero-order chi connectivity index (χ0) is 17.9. The molecule has 0 aliphatic heterocycles. The molecule has 136 valence electrons. The number of carbonyl (C=O) groups is 1. The normalized spacial score (nSPS) is 12.7. The molecule has 0 fully saturated rings. The van der Waals surface area contributed by atoms with Gasteiger partial charge < -0.3 is 9.99 Å². The van der Waals surface area contributed by atoms with Gasteiger partial charge in [-0.05, 0) is 25.0 Å². The smallest absolute Gasteiger partial charge is 0.328 e. The third-order valence-electron chi connectivity index (χ3n) is 3.59. The highest BCUT2D eigenvalue weighted by atomic mass is 17.1. The van der Waals surface area contributed by atoms with Crippen LogP contribution in [0.3, 0.4) is 0 Å². The molecule has 4 nitrogen and oxygen atoms in total. The molecule has 24 heavy (non-hydrogen) atoms. The third kappa shape index (κ3) is 16.6. The fourth-order valence-electron chi connectivity index (χ4n) is 2.25. The fraction of sp³-hybridized carbons (Fsp3) is 0.550. The first-order valence-corrected chi connectivity index (χ1v) is 8.96. The fourth-order valence-corrected chi connectivity index (χ4v) is 2.25. The summed E-state index contributed by atoms with van der Waals surface area (Å²) in [6.45, 7) is 2.24. The minimum atomic E-state index is -0.983. The Morgan fingerprint density at radius 1 is 0.833 bits per heavy atom. The number of hydrogen-bond acceptors (Lipinski definition) is 3. The van der Waals surface area contributed by atoms with Gasteiger partial charge in [0.05, 0.1) is 0 Å². The van der Waals surface area contributed by atoms with Crippen LogP contribution in [0.25, 0.3) is 0 Å². The van der Waals surface area contributed by atoms with Crippen LogP contribution in [0.2, 0.25) is 0 Å². The van der Waals surface area contributed by atoms with E-state index in [1.54, 1.807) is 24.3 Å². The van der Waals surface area contributed by atoms with Crippen LogP contribution in [-0.2, 0) is 9.68 Å². The largest absolute Gasteiger partial charge is 0.478 e. The quantitative estimate of drug-likeness (QED) is 0.0956. The predicted octanol–water partition coefficient (Wildman–Crippen LogP) is 6.03. The Hall–Kier alpha value is -1.81. The monoisotopic (exact) mass is 336 g/mol. The van der Waals surface area contributed by atoms with Gasteiger partial charge in [0, 0.05) is 6.08 Å². The number of hydrogen-bond donors (Lipinski definition) is 2. The van der Waals surface area contributed by atoms with E-state index in [2.05, 4.69) is 11.8 Å². The molecule has 0 aromatic carbocycles. The highest BCUT2D eigenvalue weighted by molar-refractivity contribution is 5.80. The van der Waals surface area contributed by atoms with E-state index in [0.29, 0.717) is 5.76 Å². The van der Waals surface area contributed by atoms with E-state index < -0.39 is 5.97 Å². The second kappa shape index (κ2) is 17.5. The molecule has 0 aliphatic rings. The van der Waals surface area contributed by atoms with Crippen molar-refractivity contribution in [1.29, 1.82) is 0 Å². The molecule has 0 saturated carbocycles. The number of allylic oxidation sites excluding steroid dienone is 6. The van der Waals surface area contributed by atoms with E-state index in [1.807, 2.05) is 6.08 Å². The highest BCUT2D eigenvalue weighted by Gasteiger charge is 1.94. The molecule has 0 aliphatic carbocycles. The van der Waals surface area contributed by atoms with Crippen LogP contribution >= 0.6 is 0 Å². The molecule has 0 bridgehead atoms. The molecule has 0 spiro atoms. The first-order chi connectivity index (χ1) is 11.7. The van der Waals surface area contributed by atoms with Gasteiger partial charge in [0.15, 0.2) is 5.76 Å². The Kier molecular flexibility index (Phi) is 16.2. The molecule has 0 radical (unpaired) electrons. The average Bonchev–Trinajstić information content (AvgIpc) is 2.57. The van der Waals surface area contributed by atoms with Gasteiger partial charge in [0.25, 0.3) is 0 Å². The summed E-state index contributed by atoms with van der Waals surface area (Å²) in [5.41, 5.74) is 0. The Morgan fingerprint density at radius 2 is 1.38 bits per heavy atom. The van der Waals surface area contributed by atoms with Gasteiger partial charge in [-0.3, -0.25) is 0 Å². The lowest BCUT2D eigenvalue weighted by atomic mass is 10.1. The van der Waals surface area contributed by atoms with Crippen LogP contribution in [0.15, 0.2) is 48.3 Å². The van der Waals surface area contributed by atoms with Crippen molar-refractivity contribution in [1.82, 2.24) is 0 Å². The SMILES string of the molecule is CCCCCCCCCCCC=C(C=CC=CC=CC(=O)O)OO. The van der Waals surface area contributed by atoms with E-state index >= 15 is 0 Å². The molecule has 0 aromatic heterocycles. The van der Waals surface area contributed by atoms with Crippen LogP contribution in [0.4, 0.5) is 0 Å². The molecule has 0 unspecified atom stereocenters. The molecule has 4 heteroatoms. The van der Waals surface area contributed by atoms with Crippen molar-refractivity contribution in [2.75, 3.05) is 0 Å². The number of carboxylic acid groups (broad SMARTS) is 1. The van der Waals surface area contributed by atoms with Crippen LogP contribution in [0, 0.1) is 0 Å².